The van der Waals surface area contributed by atoms with E-state index in [1.807, 2.05) is 6.07 Å². The van der Waals surface area contributed by atoms with Crippen LogP contribution in [0, 0.1) is 0 Å². The highest BCUT2D eigenvalue weighted by Gasteiger charge is 2.08. The smallest absolute Gasteiger partial charge is 0.262 e. The molecule has 2 N–H and O–H groups in total. The zero-order chi connectivity index (χ0) is 16.7. The zero-order valence-corrected chi connectivity index (χ0v) is 13.0. The molecule has 6 heteroatoms. The van der Waals surface area contributed by atoms with Gasteiger partial charge in [0, 0.05) is 18.3 Å². The number of carbonyl (C=O) groups excluding carboxylic acids is 2. The van der Waals surface area contributed by atoms with Gasteiger partial charge in [-0.25, -0.2) is 0 Å². The lowest BCUT2D eigenvalue weighted by Crippen LogP contribution is -2.21. The topological polar surface area (TPSA) is 76.7 Å². The van der Waals surface area contributed by atoms with Gasteiger partial charge in [0.1, 0.15) is 0 Å². The molecule has 0 aliphatic heterocycles. The van der Waals surface area contributed by atoms with Crippen molar-refractivity contribution in [3.8, 4) is 11.5 Å². The van der Waals surface area contributed by atoms with E-state index in [9.17, 15) is 9.59 Å². The molecule has 6 nitrogen and oxygen atoms in total. The summed E-state index contributed by atoms with van der Waals surface area (Å²) in [5.74, 6) is 0.585. The fourth-order valence-corrected chi connectivity index (χ4v) is 1.93. The van der Waals surface area contributed by atoms with Gasteiger partial charge in [0.25, 0.3) is 11.8 Å². The molecule has 23 heavy (non-hydrogen) atoms. The number of nitrogens with one attached hydrogen (secondary N) is 2. The van der Waals surface area contributed by atoms with Crippen LogP contribution in [0.25, 0.3) is 0 Å². The molecule has 2 aromatic carbocycles. The Morgan fingerprint density at radius 2 is 1.65 bits per heavy atom. The molecule has 0 aliphatic carbocycles. The first-order valence-electron chi connectivity index (χ1n) is 7.02. The molecule has 0 saturated heterocycles. The molecule has 0 spiro atoms. The van der Waals surface area contributed by atoms with Crippen LogP contribution in [0.15, 0.2) is 48.5 Å². The first-order valence-corrected chi connectivity index (χ1v) is 7.02. The van der Waals surface area contributed by atoms with E-state index < -0.39 is 0 Å². The van der Waals surface area contributed by atoms with E-state index in [0.717, 1.165) is 0 Å². The standard InChI is InChI=1S/C17H18N2O4/c1-18-17(21)12-7-9-13(10-8-12)19-16(20)11-23-15-6-4-3-5-14(15)22-2/h3-10H,11H2,1-2H3,(H,18,21)(H,19,20). The Morgan fingerprint density at radius 1 is 1.00 bits per heavy atom. The van der Waals surface area contributed by atoms with Gasteiger partial charge in [-0.05, 0) is 36.4 Å². The normalized spacial score (nSPS) is 9.83. The lowest BCUT2D eigenvalue weighted by Gasteiger charge is -2.10. The average molecular weight is 314 g/mol. The summed E-state index contributed by atoms with van der Waals surface area (Å²) in [6.07, 6.45) is 0. The highest BCUT2D eigenvalue weighted by atomic mass is 16.5. The molecule has 0 aliphatic rings. The summed E-state index contributed by atoms with van der Waals surface area (Å²) < 4.78 is 10.6. The monoisotopic (exact) mass is 314 g/mol. The van der Waals surface area contributed by atoms with Crippen molar-refractivity contribution in [2.24, 2.45) is 0 Å². The number of methoxy groups -OCH3 is 1. The lowest BCUT2D eigenvalue weighted by atomic mass is 10.2. The summed E-state index contributed by atoms with van der Waals surface area (Å²) in [5.41, 5.74) is 1.11. The van der Waals surface area contributed by atoms with Gasteiger partial charge in [0.05, 0.1) is 7.11 Å². The highest BCUT2D eigenvalue weighted by Crippen LogP contribution is 2.25. The third-order valence-corrected chi connectivity index (χ3v) is 3.09. The number of para-hydroxylation sites is 2. The summed E-state index contributed by atoms with van der Waals surface area (Å²) in [5, 5.41) is 5.23. The van der Waals surface area contributed by atoms with E-state index in [-0.39, 0.29) is 18.4 Å². The van der Waals surface area contributed by atoms with E-state index in [2.05, 4.69) is 10.6 Å². The SMILES string of the molecule is CNC(=O)c1ccc(NC(=O)COc2ccccc2OC)cc1. The number of benzene rings is 2. The molecular formula is C17H18N2O4. The van der Waals surface area contributed by atoms with Gasteiger partial charge in [-0.3, -0.25) is 9.59 Å². The van der Waals surface area contributed by atoms with E-state index >= 15 is 0 Å². The van der Waals surface area contributed by atoms with E-state index in [1.54, 1.807) is 49.5 Å². The number of rotatable bonds is 6. The van der Waals surface area contributed by atoms with Crippen molar-refractivity contribution in [2.45, 2.75) is 0 Å². The van der Waals surface area contributed by atoms with E-state index in [4.69, 9.17) is 9.47 Å². The van der Waals surface area contributed by atoms with Crippen molar-refractivity contribution in [1.29, 1.82) is 0 Å². The minimum Gasteiger partial charge on any atom is -0.493 e. The van der Waals surface area contributed by atoms with Crippen LogP contribution in [0.5, 0.6) is 11.5 Å². The molecule has 0 unspecified atom stereocenters. The van der Waals surface area contributed by atoms with Crippen LogP contribution in [-0.4, -0.2) is 32.6 Å². The van der Waals surface area contributed by atoms with Crippen LogP contribution < -0.4 is 20.1 Å². The third kappa shape index (κ3) is 4.47. The molecule has 2 rings (SSSR count). The first kappa shape index (κ1) is 16.4. The second kappa shape index (κ2) is 7.84. The number of hydrogen-bond donors (Lipinski definition) is 2. The van der Waals surface area contributed by atoms with Crippen molar-refractivity contribution >= 4 is 17.5 Å². The van der Waals surface area contributed by atoms with Gasteiger partial charge < -0.3 is 20.1 Å². The molecule has 2 amide bonds. The van der Waals surface area contributed by atoms with Gasteiger partial charge >= 0.3 is 0 Å². The Kier molecular flexibility index (Phi) is 5.57. The fraction of sp³-hybridized carbons (Fsp3) is 0.176. The van der Waals surface area contributed by atoms with E-state index in [1.165, 1.54) is 7.11 Å². The minimum absolute atomic E-state index is 0.141. The summed E-state index contributed by atoms with van der Waals surface area (Å²) in [7, 11) is 3.10. The number of carbonyl (C=O) groups is 2. The molecule has 0 atom stereocenters. The van der Waals surface area contributed by atoms with Crippen molar-refractivity contribution in [1.82, 2.24) is 5.32 Å². The fourth-order valence-electron chi connectivity index (χ4n) is 1.93. The largest absolute Gasteiger partial charge is 0.493 e. The Bertz CT molecular complexity index is 683. The summed E-state index contributed by atoms with van der Waals surface area (Å²) in [4.78, 5) is 23.3. The van der Waals surface area contributed by atoms with E-state index in [0.29, 0.717) is 22.7 Å². The second-order valence-electron chi connectivity index (χ2n) is 4.64. The maximum atomic E-state index is 11.9. The third-order valence-electron chi connectivity index (χ3n) is 3.09. The number of ether oxygens (including phenoxy) is 2. The van der Waals surface area contributed by atoms with Crippen LogP contribution in [0.1, 0.15) is 10.4 Å². The predicted octanol–water partition coefficient (Wildman–Crippen LogP) is 2.07. The molecule has 0 fully saturated rings. The molecular weight excluding hydrogens is 296 g/mol. The van der Waals surface area contributed by atoms with Crippen LogP contribution in [0.2, 0.25) is 0 Å². The number of amides is 2. The lowest BCUT2D eigenvalue weighted by molar-refractivity contribution is -0.118. The van der Waals surface area contributed by atoms with Crippen molar-refractivity contribution in [2.75, 3.05) is 26.1 Å². The first-order chi connectivity index (χ1) is 11.1. The molecule has 120 valence electrons. The summed E-state index contributed by atoms with van der Waals surface area (Å²) >= 11 is 0. The maximum Gasteiger partial charge on any atom is 0.262 e. The van der Waals surface area contributed by atoms with Crippen molar-refractivity contribution in [3.05, 3.63) is 54.1 Å². The van der Waals surface area contributed by atoms with Crippen molar-refractivity contribution in [3.63, 3.8) is 0 Å². The van der Waals surface area contributed by atoms with Gasteiger partial charge in [-0.1, -0.05) is 12.1 Å². The Hall–Kier alpha value is -3.02. The predicted molar refractivity (Wildman–Crippen MR) is 87.0 cm³/mol. The molecule has 0 bridgehead atoms. The molecule has 0 heterocycles. The average Bonchev–Trinajstić information content (AvgIpc) is 2.60. The Labute approximate surface area is 134 Å². The molecule has 0 radical (unpaired) electrons. The van der Waals surface area contributed by atoms with Crippen LogP contribution in [-0.2, 0) is 4.79 Å². The zero-order valence-electron chi connectivity index (χ0n) is 13.0. The van der Waals surface area contributed by atoms with Crippen molar-refractivity contribution < 1.29 is 19.1 Å². The van der Waals surface area contributed by atoms with Gasteiger partial charge in [0.2, 0.25) is 0 Å². The number of hydrogen-bond acceptors (Lipinski definition) is 4. The van der Waals surface area contributed by atoms with Gasteiger partial charge in [-0.15, -0.1) is 0 Å². The second-order valence-corrected chi connectivity index (χ2v) is 4.64. The summed E-state index contributed by atoms with van der Waals surface area (Å²) in [6.45, 7) is -0.141. The van der Waals surface area contributed by atoms with Crippen LogP contribution in [0.4, 0.5) is 5.69 Å². The number of anilines is 1. The van der Waals surface area contributed by atoms with Crippen LogP contribution >= 0.6 is 0 Å². The molecule has 0 aromatic heterocycles. The quantitative estimate of drug-likeness (QED) is 0.856. The Morgan fingerprint density at radius 3 is 2.26 bits per heavy atom. The van der Waals surface area contributed by atoms with Crippen LogP contribution in [0.3, 0.4) is 0 Å². The molecule has 0 saturated carbocycles. The van der Waals surface area contributed by atoms with Gasteiger partial charge in [0.15, 0.2) is 18.1 Å². The summed E-state index contributed by atoms with van der Waals surface area (Å²) in [6, 6.07) is 13.7. The molecule has 2 aromatic rings. The maximum absolute atomic E-state index is 11.9. The van der Waals surface area contributed by atoms with Gasteiger partial charge in [-0.2, -0.15) is 0 Å². The Balaban J connectivity index is 1.91. The highest BCUT2D eigenvalue weighted by molar-refractivity contribution is 5.95. The minimum atomic E-state index is -0.302.